The molecule has 0 aromatic rings. The molecule has 0 saturated carbocycles. The summed E-state index contributed by atoms with van der Waals surface area (Å²) in [6.07, 6.45) is 0.860. The van der Waals surface area contributed by atoms with Gasteiger partial charge in [0.2, 0.25) is 10.0 Å². The summed E-state index contributed by atoms with van der Waals surface area (Å²) in [5.74, 6) is -0.108. The minimum Gasteiger partial charge on any atom is -0.469 e. The summed E-state index contributed by atoms with van der Waals surface area (Å²) in [6, 6.07) is 0. The van der Waals surface area contributed by atoms with Crippen molar-refractivity contribution in [1.29, 1.82) is 0 Å². The van der Waals surface area contributed by atoms with E-state index in [1.165, 1.54) is 11.4 Å². The molecule has 1 heterocycles. The van der Waals surface area contributed by atoms with E-state index in [9.17, 15) is 13.2 Å². The number of rotatable bonds is 8. The lowest BCUT2D eigenvalue weighted by Gasteiger charge is -2.33. The van der Waals surface area contributed by atoms with Gasteiger partial charge in [0.1, 0.15) is 0 Å². The first-order valence-corrected chi connectivity index (χ1v) is 8.36. The first-order valence-electron chi connectivity index (χ1n) is 6.75. The van der Waals surface area contributed by atoms with Gasteiger partial charge in [-0.3, -0.25) is 4.79 Å². The first-order chi connectivity index (χ1) is 9.49. The van der Waals surface area contributed by atoms with E-state index in [1.54, 1.807) is 7.11 Å². The fourth-order valence-corrected chi connectivity index (χ4v) is 3.56. The molecule has 0 amide bonds. The highest BCUT2D eigenvalue weighted by atomic mass is 32.2. The Hall–Kier alpha value is -0.700. The van der Waals surface area contributed by atoms with Gasteiger partial charge in [-0.15, -0.1) is 0 Å². The number of piperazine rings is 1. The Morgan fingerprint density at radius 3 is 2.35 bits per heavy atom. The van der Waals surface area contributed by atoms with Crippen LogP contribution in [0.15, 0.2) is 0 Å². The molecule has 0 unspecified atom stereocenters. The van der Waals surface area contributed by atoms with Gasteiger partial charge in [0.15, 0.2) is 0 Å². The number of carbonyl (C=O) groups is 1. The van der Waals surface area contributed by atoms with Crippen molar-refractivity contribution >= 4 is 16.0 Å². The Morgan fingerprint density at radius 2 is 1.80 bits per heavy atom. The number of carbonyl (C=O) groups excluding carboxylic acids is 1. The third-order valence-corrected chi connectivity index (χ3v) is 5.29. The van der Waals surface area contributed by atoms with Crippen LogP contribution >= 0.6 is 0 Å². The van der Waals surface area contributed by atoms with E-state index in [1.807, 2.05) is 0 Å². The monoisotopic (exact) mass is 308 g/mol. The number of hydrogen-bond acceptors (Lipinski definition) is 6. The normalized spacial score (nSPS) is 18.1. The summed E-state index contributed by atoms with van der Waals surface area (Å²) in [7, 11) is -0.250. The lowest BCUT2D eigenvalue weighted by atomic mass is 10.3. The highest BCUT2D eigenvalue weighted by Crippen LogP contribution is 2.09. The zero-order valence-electron chi connectivity index (χ0n) is 12.2. The fraction of sp³-hybridized carbons (Fsp3) is 0.917. The molecule has 1 fully saturated rings. The molecule has 0 radical (unpaired) electrons. The minimum atomic E-state index is -3.18. The van der Waals surface area contributed by atoms with Crippen LogP contribution in [0.25, 0.3) is 0 Å². The van der Waals surface area contributed by atoms with Gasteiger partial charge in [-0.2, -0.15) is 4.31 Å². The summed E-state index contributed by atoms with van der Waals surface area (Å²) in [5, 5.41) is 0. The predicted octanol–water partition coefficient (Wildman–Crippen LogP) is -0.467. The van der Waals surface area contributed by atoms with E-state index in [0.717, 1.165) is 0 Å². The number of sulfonamides is 1. The maximum Gasteiger partial charge on any atom is 0.306 e. The van der Waals surface area contributed by atoms with E-state index in [0.29, 0.717) is 52.2 Å². The largest absolute Gasteiger partial charge is 0.469 e. The molecule has 118 valence electrons. The molecule has 1 aliphatic rings. The Balaban J connectivity index is 2.32. The van der Waals surface area contributed by atoms with Crippen molar-refractivity contribution in [1.82, 2.24) is 9.21 Å². The van der Waals surface area contributed by atoms with Crippen LogP contribution in [0.3, 0.4) is 0 Å². The molecule has 0 spiro atoms. The second-order valence-corrected chi connectivity index (χ2v) is 6.82. The van der Waals surface area contributed by atoms with Crippen molar-refractivity contribution in [2.24, 2.45) is 0 Å². The van der Waals surface area contributed by atoms with Gasteiger partial charge in [-0.1, -0.05) is 0 Å². The van der Waals surface area contributed by atoms with Crippen LogP contribution in [-0.4, -0.2) is 82.9 Å². The summed E-state index contributed by atoms with van der Waals surface area (Å²) in [6.45, 7) is 3.34. The van der Waals surface area contributed by atoms with E-state index >= 15 is 0 Å². The summed E-state index contributed by atoms with van der Waals surface area (Å²) >= 11 is 0. The molecule has 1 saturated heterocycles. The molecule has 8 heteroatoms. The molecule has 0 bridgehead atoms. The van der Waals surface area contributed by atoms with Crippen molar-refractivity contribution < 1.29 is 22.7 Å². The second kappa shape index (κ2) is 8.56. The van der Waals surface area contributed by atoms with Crippen LogP contribution in [0.4, 0.5) is 0 Å². The number of hydrogen-bond donors (Lipinski definition) is 0. The molecule has 0 aromatic heterocycles. The third kappa shape index (κ3) is 5.74. The molecule has 0 aliphatic carbocycles. The van der Waals surface area contributed by atoms with E-state index in [4.69, 9.17) is 4.74 Å². The lowest BCUT2D eigenvalue weighted by molar-refractivity contribution is -0.141. The molecule has 0 N–H and O–H groups in total. The van der Waals surface area contributed by atoms with Crippen molar-refractivity contribution in [3.05, 3.63) is 0 Å². The van der Waals surface area contributed by atoms with Crippen molar-refractivity contribution in [2.45, 2.75) is 12.8 Å². The van der Waals surface area contributed by atoms with E-state index < -0.39 is 10.0 Å². The highest BCUT2D eigenvalue weighted by molar-refractivity contribution is 7.89. The van der Waals surface area contributed by atoms with Gasteiger partial charge in [0.05, 0.1) is 19.3 Å². The van der Waals surface area contributed by atoms with Gasteiger partial charge in [-0.05, 0) is 6.42 Å². The predicted molar refractivity (Wildman–Crippen MR) is 74.9 cm³/mol. The molecular weight excluding hydrogens is 284 g/mol. The SMILES string of the molecule is COCCCS(=O)(=O)N1CCN(CCC(=O)OC)CC1. The zero-order chi connectivity index (χ0) is 15.0. The standard InChI is InChI=1S/C12H24N2O5S/c1-18-10-3-11-20(16,17)14-8-6-13(7-9-14)5-4-12(15)19-2/h3-11H2,1-2H3. The van der Waals surface area contributed by atoms with Gasteiger partial charge in [0.25, 0.3) is 0 Å². The van der Waals surface area contributed by atoms with Crippen molar-refractivity contribution in [3.63, 3.8) is 0 Å². The average Bonchev–Trinajstić information content (AvgIpc) is 2.45. The molecular formula is C12H24N2O5S. The first kappa shape index (κ1) is 17.4. The van der Waals surface area contributed by atoms with Crippen molar-refractivity contribution in [3.8, 4) is 0 Å². The van der Waals surface area contributed by atoms with Crippen LogP contribution < -0.4 is 0 Å². The summed E-state index contributed by atoms with van der Waals surface area (Å²) in [4.78, 5) is 13.1. The molecule has 0 atom stereocenters. The summed E-state index contributed by atoms with van der Waals surface area (Å²) < 4.78 is 35.1. The Labute approximate surface area is 120 Å². The topological polar surface area (TPSA) is 76.2 Å². The number of nitrogens with zero attached hydrogens (tertiary/aromatic N) is 2. The number of esters is 1. The van der Waals surface area contributed by atoms with Gasteiger partial charge in [0, 0.05) is 46.4 Å². The lowest BCUT2D eigenvalue weighted by Crippen LogP contribution is -2.49. The Bertz CT molecular complexity index is 391. The van der Waals surface area contributed by atoms with Crippen LogP contribution in [0.2, 0.25) is 0 Å². The Kier molecular flexibility index (Phi) is 7.42. The van der Waals surface area contributed by atoms with Crippen LogP contribution in [0.5, 0.6) is 0 Å². The van der Waals surface area contributed by atoms with Crippen LogP contribution in [0, 0.1) is 0 Å². The second-order valence-electron chi connectivity index (χ2n) is 4.73. The quantitative estimate of drug-likeness (QED) is 0.446. The van der Waals surface area contributed by atoms with Gasteiger partial charge in [-0.25, -0.2) is 8.42 Å². The number of methoxy groups -OCH3 is 2. The molecule has 1 rings (SSSR count). The van der Waals surface area contributed by atoms with Gasteiger partial charge < -0.3 is 14.4 Å². The average molecular weight is 308 g/mol. The third-order valence-electron chi connectivity index (χ3n) is 3.34. The van der Waals surface area contributed by atoms with Crippen molar-refractivity contribution in [2.75, 3.05) is 59.3 Å². The smallest absolute Gasteiger partial charge is 0.306 e. The zero-order valence-corrected chi connectivity index (χ0v) is 13.0. The highest BCUT2D eigenvalue weighted by Gasteiger charge is 2.26. The maximum atomic E-state index is 12.1. The van der Waals surface area contributed by atoms with E-state index in [2.05, 4.69) is 9.64 Å². The Morgan fingerprint density at radius 1 is 1.15 bits per heavy atom. The molecule has 0 aromatic carbocycles. The molecule has 1 aliphatic heterocycles. The van der Waals surface area contributed by atoms with Crippen LogP contribution in [0.1, 0.15) is 12.8 Å². The summed E-state index contributed by atoms with van der Waals surface area (Å²) in [5.41, 5.74) is 0. The molecule has 7 nitrogen and oxygen atoms in total. The fourth-order valence-electron chi connectivity index (χ4n) is 2.10. The minimum absolute atomic E-state index is 0.128. The van der Waals surface area contributed by atoms with Gasteiger partial charge >= 0.3 is 5.97 Å². The van der Waals surface area contributed by atoms with E-state index in [-0.39, 0.29) is 11.7 Å². The molecule has 20 heavy (non-hydrogen) atoms. The maximum absolute atomic E-state index is 12.1. The number of ether oxygens (including phenoxy) is 2. The van der Waals surface area contributed by atoms with Crippen LogP contribution in [-0.2, 0) is 24.3 Å².